The Morgan fingerprint density at radius 2 is 1.90 bits per heavy atom. The summed E-state index contributed by atoms with van der Waals surface area (Å²) >= 11 is 0. The normalized spacial score (nSPS) is 16.8. The Bertz CT molecular complexity index is 1070. The number of hydrogen-bond acceptors (Lipinski definition) is 8. The lowest BCUT2D eigenvalue weighted by Gasteiger charge is -2.24. The Labute approximate surface area is 174 Å². The highest BCUT2D eigenvalue weighted by Crippen LogP contribution is 2.28. The molecule has 1 saturated heterocycles. The van der Waals surface area contributed by atoms with Gasteiger partial charge in [0.05, 0.1) is 12.1 Å². The van der Waals surface area contributed by atoms with E-state index in [4.69, 9.17) is 9.47 Å². The molecule has 1 atom stereocenters. The van der Waals surface area contributed by atoms with Gasteiger partial charge in [0.1, 0.15) is 29.7 Å². The predicted octanol–water partition coefficient (Wildman–Crippen LogP) is 2.52. The molecule has 1 aliphatic heterocycles. The summed E-state index contributed by atoms with van der Waals surface area (Å²) in [6, 6.07) is 0. The summed E-state index contributed by atoms with van der Waals surface area (Å²) in [6.07, 6.45) is 5.08. The summed E-state index contributed by atoms with van der Waals surface area (Å²) in [6.45, 7) is 8.39. The Morgan fingerprint density at radius 1 is 1.17 bits per heavy atom. The zero-order chi connectivity index (χ0) is 21.5. The summed E-state index contributed by atoms with van der Waals surface area (Å²) in [7, 11) is 1.88. The lowest BCUT2D eigenvalue weighted by Crippen LogP contribution is -2.36. The Balaban J connectivity index is 1.55. The van der Waals surface area contributed by atoms with Gasteiger partial charge in [-0.3, -0.25) is 0 Å². The first-order valence-electron chi connectivity index (χ1n) is 9.82. The number of carbonyl (C=O) groups excluding carboxylic acids is 1. The third-order valence-electron chi connectivity index (χ3n) is 4.74. The summed E-state index contributed by atoms with van der Waals surface area (Å²) in [5.41, 5.74) is 1.46. The maximum atomic E-state index is 12.3. The van der Waals surface area contributed by atoms with Gasteiger partial charge in [0.2, 0.25) is 5.88 Å². The number of imidazole rings is 1. The maximum absolute atomic E-state index is 12.3. The monoisotopic (exact) mass is 411 g/mol. The molecule has 0 N–H and O–H groups in total. The number of fused-ring (bicyclic) bond motifs is 1. The second-order valence-electron chi connectivity index (χ2n) is 8.32. The number of rotatable bonds is 3. The zero-order valence-electron chi connectivity index (χ0n) is 17.8. The topological polar surface area (TPSA) is 108 Å². The van der Waals surface area contributed by atoms with Gasteiger partial charge in [-0.25, -0.2) is 24.7 Å². The van der Waals surface area contributed by atoms with Crippen LogP contribution in [-0.2, 0) is 11.8 Å². The molecule has 10 nitrogen and oxygen atoms in total. The number of aryl methyl sites for hydroxylation is 2. The molecule has 0 saturated carbocycles. The lowest BCUT2D eigenvalue weighted by molar-refractivity contribution is 0.0275. The third kappa shape index (κ3) is 4.03. The summed E-state index contributed by atoms with van der Waals surface area (Å²) < 4.78 is 13.4. The van der Waals surface area contributed by atoms with E-state index >= 15 is 0 Å². The van der Waals surface area contributed by atoms with Crippen LogP contribution >= 0.6 is 0 Å². The molecule has 0 unspecified atom stereocenters. The van der Waals surface area contributed by atoms with Crippen molar-refractivity contribution in [3.8, 4) is 17.3 Å². The van der Waals surface area contributed by atoms with Crippen molar-refractivity contribution < 1.29 is 14.3 Å². The molecule has 4 rings (SSSR count). The largest absolute Gasteiger partial charge is 0.471 e. The average Bonchev–Trinajstić information content (AvgIpc) is 3.27. The van der Waals surface area contributed by atoms with Gasteiger partial charge in [0, 0.05) is 32.4 Å². The first-order valence-corrected chi connectivity index (χ1v) is 9.82. The summed E-state index contributed by atoms with van der Waals surface area (Å²) in [5.74, 6) is 1.76. The predicted molar refractivity (Wildman–Crippen MR) is 109 cm³/mol. The van der Waals surface area contributed by atoms with Crippen molar-refractivity contribution in [3.05, 3.63) is 24.5 Å². The fourth-order valence-electron chi connectivity index (χ4n) is 3.31. The first-order chi connectivity index (χ1) is 14.2. The standard InChI is InChI=1S/C20H25N7O3/c1-12-21-8-13(9-22-12)16-25-15-17(26(16)5)23-11-24-18(15)29-14-6-7-27(10-14)19(28)30-20(2,3)4/h8-9,11,14H,6-7,10H2,1-5H3/t14-/m0/s1. The first kappa shape index (κ1) is 20.0. The number of likely N-dealkylation sites (tertiary alicyclic amines) is 1. The molecule has 1 aliphatic rings. The minimum absolute atomic E-state index is 0.191. The molecule has 4 heterocycles. The van der Waals surface area contributed by atoms with Crippen LogP contribution in [0.25, 0.3) is 22.6 Å². The highest BCUT2D eigenvalue weighted by atomic mass is 16.6. The number of carbonyl (C=O) groups is 1. The summed E-state index contributed by atoms with van der Waals surface area (Å²) in [4.78, 5) is 35.8. The molecule has 0 radical (unpaired) electrons. The van der Waals surface area contributed by atoms with E-state index in [1.807, 2.05) is 39.3 Å². The smallest absolute Gasteiger partial charge is 0.410 e. The fourth-order valence-corrected chi connectivity index (χ4v) is 3.31. The van der Waals surface area contributed by atoms with E-state index in [1.165, 1.54) is 6.33 Å². The van der Waals surface area contributed by atoms with E-state index in [0.29, 0.717) is 48.2 Å². The van der Waals surface area contributed by atoms with Crippen LogP contribution < -0.4 is 4.74 Å². The molecule has 3 aromatic rings. The SMILES string of the molecule is Cc1ncc(-c2nc3c(O[C@H]4CCN(C(=O)OC(C)(C)C)C4)ncnc3n2C)cn1. The van der Waals surface area contributed by atoms with E-state index in [0.717, 1.165) is 5.56 Å². The minimum atomic E-state index is -0.529. The van der Waals surface area contributed by atoms with Gasteiger partial charge in [0.25, 0.3) is 0 Å². The van der Waals surface area contributed by atoms with Crippen LogP contribution in [0.15, 0.2) is 18.7 Å². The number of aromatic nitrogens is 6. The molecule has 1 amide bonds. The van der Waals surface area contributed by atoms with Crippen molar-refractivity contribution in [1.82, 2.24) is 34.4 Å². The Kier molecular flexibility index (Phi) is 5.00. The number of amides is 1. The molecule has 30 heavy (non-hydrogen) atoms. The number of ether oxygens (including phenoxy) is 2. The van der Waals surface area contributed by atoms with Crippen LogP contribution in [-0.4, -0.2) is 65.3 Å². The van der Waals surface area contributed by atoms with Crippen molar-refractivity contribution in [1.29, 1.82) is 0 Å². The van der Waals surface area contributed by atoms with Crippen molar-refractivity contribution in [2.75, 3.05) is 13.1 Å². The van der Waals surface area contributed by atoms with Crippen molar-refractivity contribution in [3.63, 3.8) is 0 Å². The molecule has 158 valence electrons. The van der Waals surface area contributed by atoms with Crippen molar-refractivity contribution in [2.45, 2.75) is 45.8 Å². The van der Waals surface area contributed by atoms with E-state index in [2.05, 4.69) is 24.9 Å². The van der Waals surface area contributed by atoms with Crippen LogP contribution in [0, 0.1) is 6.92 Å². The second kappa shape index (κ2) is 7.51. The second-order valence-corrected chi connectivity index (χ2v) is 8.32. The van der Waals surface area contributed by atoms with Crippen LogP contribution in [0.2, 0.25) is 0 Å². The molecule has 3 aromatic heterocycles. The molecule has 0 aliphatic carbocycles. The zero-order valence-corrected chi connectivity index (χ0v) is 17.8. The van der Waals surface area contributed by atoms with Gasteiger partial charge in [-0.2, -0.15) is 4.98 Å². The molecular weight excluding hydrogens is 386 g/mol. The highest BCUT2D eigenvalue weighted by Gasteiger charge is 2.31. The van der Waals surface area contributed by atoms with Gasteiger partial charge in [-0.05, 0) is 27.7 Å². The average molecular weight is 411 g/mol. The number of nitrogens with zero attached hydrogens (tertiary/aromatic N) is 7. The van der Waals surface area contributed by atoms with Gasteiger partial charge in [0.15, 0.2) is 11.2 Å². The molecule has 0 spiro atoms. The molecule has 1 fully saturated rings. The van der Waals surface area contributed by atoms with E-state index < -0.39 is 5.60 Å². The molecular formula is C20H25N7O3. The van der Waals surface area contributed by atoms with Crippen LogP contribution in [0.1, 0.15) is 33.0 Å². The minimum Gasteiger partial charge on any atom is -0.471 e. The van der Waals surface area contributed by atoms with Crippen molar-refractivity contribution in [2.24, 2.45) is 7.05 Å². The van der Waals surface area contributed by atoms with Gasteiger partial charge < -0.3 is 18.9 Å². The molecule has 10 heteroatoms. The Morgan fingerprint density at radius 3 is 2.60 bits per heavy atom. The van der Waals surface area contributed by atoms with Crippen molar-refractivity contribution >= 4 is 17.3 Å². The fraction of sp³-hybridized carbons (Fsp3) is 0.500. The number of hydrogen-bond donors (Lipinski definition) is 0. The maximum Gasteiger partial charge on any atom is 0.410 e. The molecule has 0 aromatic carbocycles. The Hall–Kier alpha value is -3.30. The van der Waals surface area contributed by atoms with Crippen LogP contribution in [0.5, 0.6) is 5.88 Å². The summed E-state index contributed by atoms with van der Waals surface area (Å²) in [5, 5.41) is 0. The molecule has 0 bridgehead atoms. The van der Waals surface area contributed by atoms with Crippen LogP contribution in [0.3, 0.4) is 0 Å². The van der Waals surface area contributed by atoms with Gasteiger partial charge in [-0.15, -0.1) is 0 Å². The van der Waals surface area contributed by atoms with E-state index in [9.17, 15) is 4.79 Å². The van der Waals surface area contributed by atoms with E-state index in [-0.39, 0.29) is 12.2 Å². The lowest BCUT2D eigenvalue weighted by atomic mass is 10.2. The quantitative estimate of drug-likeness (QED) is 0.647. The van der Waals surface area contributed by atoms with Crippen LogP contribution in [0.4, 0.5) is 4.79 Å². The third-order valence-corrected chi connectivity index (χ3v) is 4.74. The van der Waals surface area contributed by atoms with Gasteiger partial charge >= 0.3 is 6.09 Å². The van der Waals surface area contributed by atoms with E-state index in [1.54, 1.807) is 17.3 Å². The van der Waals surface area contributed by atoms with Gasteiger partial charge in [-0.1, -0.05) is 0 Å². The highest BCUT2D eigenvalue weighted by molar-refractivity contribution is 5.80.